The van der Waals surface area contributed by atoms with Gasteiger partial charge in [-0.1, -0.05) is 41.4 Å². The molecular weight excluding hydrogens is 207 g/mol. The fourth-order valence-electron chi connectivity index (χ4n) is 0.710. The van der Waals surface area contributed by atoms with Crippen molar-refractivity contribution in [3.63, 3.8) is 0 Å². The molecular formula is C8H11OPS2. The molecule has 0 amide bonds. The van der Waals surface area contributed by atoms with Crippen molar-refractivity contribution < 1.29 is 4.52 Å². The van der Waals surface area contributed by atoms with Gasteiger partial charge in [0.05, 0.1) is 0 Å². The maximum absolute atomic E-state index is 5.28. The van der Waals surface area contributed by atoms with Crippen molar-refractivity contribution in [1.29, 1.82) is 0 Å². The van der Waals surface area contributed by atoms with Gasteiger partial charge in [0, 0.05) is 12.0 Å². The minimum atomic E-state index is -1.65. The van der Waals surface area contributed by atoms with E-state index in [1.165, 1.54) is 4.90 Å². The van der Waals surface area contributed by atoms with Gasteiger partial charge >= 0.3 is 0 Å². The van der Waals surface area contributed by atoms with Gasteiger partial charge in [-0.2, -0.15) is 0 Å². The largest absolute Gasteiger partial charge is 0.345 e. The number of benzene rings is 1. The standard InChI is InChI=1S/C8H11OPS2/c1-9-10(2,11)12-8-6-4-3-5-7-8/h3-7H,1-2H3. The minimum Gasteiger partial charge on any atom is -0.345 e. The Labute approximate surface area is 82.4 Å². The SMILES string of the molecule is COP(C)(=S)Sc1ccccc1. The van der Waals surface area contributed by atoms with Crippen molar-refractivity contribution in [3.8, 4) is 0 Å². The third-order valence-electron chi connectivity index (χ3n) is 1.35. The zero-order valence-electron chi connectivity index (χ0n) is 7.06. The lowest BCUT2D eigenvalue weighted by atomic mass is 10.4. The molecule has 0 aliphatic heterocycles. The van der Waals surface area contributed by atoms with Gasteiger partial charge in [-0.3, -0.25) is 0 Å². The van der Waals surface area contributed by atoms with Crippen LogP contribution in [0.3, 0.4) is 0 Å². The van der Waals surface area contributed by atoms with Gasteiger partial charge in [0.25, 0.3) is 0 Å². The second kappa shape index (κ2) is 4.43. The van der Waals surface area contributed by atoms with Gasteiger partial charge in [-0.15, -0.1) is 0 Å². The van der Waals surface area contributed by atoms with E-state index in [-0.39, 0.29) is 0 Å². The predicted octanol–water partition coefficient (Wildman–Crippen LogP) is 3.36. The lowest BCUT2D eigenvalue weighted by Gasteiger charge is -2.12. The minimum absolute atomic E-state index is 1.19. The summed E-state index contributed by atoms with van der Waals surface area (Å²) in [5, 5.41) is 0. The highest BCUT2D eigenvalue weighted by Gasteiger charge is 2.09. The number of hydrogen-bond donors (Lipinski definition) is 0. The van der Waals surface area contributed by atoms with Crippen LogP contribution in [0.2, 0.25) is 0 Å². The van der Waals surface area contributed by atoms with Crippen LogP contribution < -0.4 is 0 Å². The molecule has 12 heavy (non-hydrogen) atoms. The quantitative estimate of drug-likeness (QED) is 0.720. The average Bonchev–Trinajstić information content (AvgIpc) is 2.06. The maximum atomic E-state index is 5.28. The molecule has 1 unspecified atom stereocenters. The smallest absolute Gasteiger partial charge is 0.120 e. The Morgan fingerprint density at radius 2 is 1.92 bits per heavy atom. The van der Waals surface area contributed by atoms with Crippen LogP contribution in [0.25, 0.3) is 0 Å². The van der Waals surface area contributed by atoms with Crippen molar-refractivity contribution in [2.75, 3.05) is 13.8 Å². The molecule has 1 nitrogen and oxygen atoms in total. The molecule has 0 aliphatic rings. The van der Waals surface area contributed by atoms with E-state index in [2.05, 4.69) is 0 Å². The first-order chi connectivity index (χ1) is 5.64. The number of rotatable bonds is 3. The van der Waals surface area contributed by atoms with E-state index < -0.39 is 5.47 Å². The molecule has 66 valence electrons. The van der Waals surface area contributed by atoms with E-state index in [1.807, 2.05) is 37.0 Å². The van der Waals surface area contributed by atoms with Crippen LogP contribution in [0.5, 0.6) is 0 Å². The third-order valence-corrected chi connectivity index (χ3v) is 6.02. The van der Waals surface area contributed by atoms with Crippen molar-refractivity contribution in [2.24, 2.45) is 0 Å². The van der Waals surface area contributed by atoms with Crippen LogP contribution in [0.4, 0.5) is 0 Å². The highest BCUT2D eigenvalue weighted by Crippen LogP contribution is 2.59. The summed E-state index contributed by atoms with van der Waals surface area (Å²) < 4.78 is 5.23. The first-order valence-corrected chi connectivity index (χ1v) is 8.11. The van der Waals surface area contributed by atoms with E-state index in [1.54, 1.807) is 18.5 Å². The first kappa shape index (κ1) is 10.3. The second-order valence-electron chi connectivity index (χ2n) is 2.36. The van der Waals surface area contributed by atoms with Crippen molar-refractivity contribution in [1.82, 2.24) is 0 Å². The highest BCUT2D eigenvalue weighted by atomic mass is 32.9. The molecule has 0 saturated carbocycles. The van der Waals surface area contributed by atoms with E-state index >= 15 is 0 Å². The summed E-state index contributed by atoms with van der Waals surface area (Å²) in [5.41, 5.74) is -1.65. The molecule has 1 rings (SSSR count). The topological polar surface area (TPSA) is 9.23 Å². The van der Waals surface area contributed by atoms with Crippen molar-refractivity contribution in [2.45, 2.75) is 4.90 Å². The molecule has 1 aromatic carbocycles. The zero-order valence-corrected chi connectivity index (χ0v) is 9.59. The molecule has 1 aromatic rings. The Bertz CT molecular complexity index is 286. The van der Waals surface area contributed by atoms with Crippen LogP contribution in [0.1, 0.15) is 0 Å². The molecule has 0 fully saturated rings. The Morgan fingerprint density at radius 3 is 2.42 bits per heavy atom. The van der Waals surface area contributed by atoms with Crippen LogP contribution in [0, 0.1) is 0 Å². The summed E-state index contributed by atoms with van der Waals surface area (Å²) in [4.78, 5) is 1.19. The van der Waals surface area contributed by atoms with Crippen LogP contribution >= 0.6 is 16.8 Å². The van der Waals surface area contributed by atoms with Gasteiger partial charge in [-0.25, -0.2) is 0 Å². The van der Waals surface area contributed by atoms with Gasteiger partial charge in [0.2, 0.25) is 0 Å². The van der Waals surface area contributed by atoms with Gasteiger partial charge in [0.1, 0.15) is 5.47 Å². The highest BCUT2D eigenvalue weighted by molar-refractivity contribution is 8.69. The monoisotopic (exact) mass is 218 g/mol. The van der Waals surface area contributed by atoms with Gasteiger partial charge < -0.3 is 4.52 Å². The lowest BCUT2D eigenvalue weighted by molar-refractivity contribution is 0.474. The van der Waals surface area contributed by atoms with Gasteiger partial charge in [0.15, 0.2) is 0 Å². The fourth-order valence-corrected chi connectivity index (χ4v) is 3.96. The Kier molecular flexibility index (Phi) is 3.78. The Hall–Kier alpha value is 0.180. The summed E-state index contributed by atoms with van der Waals surface area (Å²) >= 11 is 6.93. The molecule has 0 N–H and O–H groups in total. The molecule has 0 saturated heterocycles. The summed E-state index contributed by atoms with van der Waals surface area (Å²) in [6.45, 7) is 1.99. The molecule has 0 aliphatic carbocycles. The van der Waals surface area contributed by atoms with Crippen molar-refractivity contribution >= 4 is 28.7 Å². The average molecular weight is 218 g/mol. The second-order valence-corrected chi connectivity index (χ2v) is 10.3. The molecule has 4 heteroatoms. The third kappa shape index (κ3) is 3.28. The molecule has 0 radical (unpaired) electrons. The van der Waals surface area contributed by atoms with E-state index in [9.17, 15) is 0 Å². The molecule has 0 bridgehead atoms. The van der Waals surface area contributed by atoms with E-state index in [4.69, 9.17) is 16.3 Å². The van der Waals surface area contributed by atoms with Crippen molar-refractivity contribution in [3.05, 3.63) is 30.3 Å². The maximum Gasteiger partial charge on any atom is 0.120 e. The number of hydrogen-bond acceptors (Lipinski definition) is 3. The Balaban J connectivity index is 2.71. The fraction of sp³-hybridized carbons (Fsp3) is 0.250. The van der Waals surface area contributed by atoms with Crippen LogP contribution in [-0.4, -0.2) is 13.8 Å². The van der Waals surface area contributed by atoms with Crippen LogP contribution in [0.15, 0.2) is 35.2 Å². The lowest BCUT2D eigenvalue weighted by Crippen LogP contribution is -1.75. The van der Waals surface area contributed by atoms with E-state index in [0.29, 0.717) is 0 Å². The van der Waals surface area contributed by atoms with Gasteiger partial charge in [-0.05, 0) is 18.8 Å². The van der Waals surface area contributed by atoms with Crippen LogP contribution in [-0.2, 0) is 16.3 Å². The first-order valence-electron chi connectivity index (χ1n) is 3.52. The predicted molar refractivity (Wildman–Crippen MR) is 59.5 cm³/mol. The summed E-state index contributed by atoms with van der Waals surface area (Å²) in [5.74, 6) is 0. The normalized spacial score (nSPS) is 15.5. The van der Waals surface area contributed by atoms with E-state index in [0.717, 1.165) is 0 Å². The summed E-state index contributed by atoms with van der Waals surface area (Å²) in [6, 6.07) is 10.1. The molecule has 0 heterocycles. The zero-order chi connectivity index (χ0) is 9.03. The molecule has 1 atom stereocenters. The molecule has 0 spiro atoms. The molecule has 0 aromatic heterocycles. The summed E-state index contributed by atoms with van der Waals surface area (Å²) in [6.07, 6.45) is 0. The Morgan fingerprint density at radius 1 is 1.33 bits per heavy atom. The summed E-state index contributed by atoms with van der Waals surface area (Å²) in [7, 11) is 1.68.